The molecular weight excluding hydrogens is 466 g/mol. The van der Waals surface area contributed by atoms with E-state index in [1.807, 2.05) is 6.07 Å². The van der Waals surface area contributed by atoms with Gasteiger partial charge < -0.3 is 14.7 Å². The van der Waals surface area contributed by atoms with Crippen LogP contribution in [0.2, 0.25) is 5.02 Å². The summed E-state index contributed by atoms with van der Waals surface area (Å²) in [7, 11) is 0. The predicted molar refractivity (Wildman–Crippen MR) is 135 cm³/mol. The second-order valence-electron chi connectivity index (χ2n) is 8.76. The summed E-state index contributed by atoms with van der Waals surface area (Å²) in [6.07, 6.45) is 4.38. The summed E-state index contributed by atoms with van der Waals surface area (Å²) in [5.41, 5.74) is 5.70. The number of carboxylic acids is 1. The van der Waals surface area contributed by atoms with Crippen molar-refractivity contribution in [3.8, 4) is 5.95 Å². The Kier molecular flexibility index (Phi) is 6.40. The summed E-state index contributed by atoms with van der Waals surface area (Å²) in [4.78, 5) is 23.0. The standard InChI is InChI=1S/C26H26ClN5O3/c1-16-4-3-5-17(2)20(16)7-6-18-12-21-23(13-22(18)27)29-26(32-15-19(14-28-32)25(33)34)30-24(21)31-8-10-35-11-9-31/h3-5,12-15H,6-11H2,1-2H3,(H,33,34). The van der Waals surface area contributed by atoms with Crippen LogP contribution in [0.1, 0.15) is 32.6 Å². The van der Waals surface area contributed by atoms with Crippen molar-refractivity contribution < 1.29 is 14.6 Å². The summed E-state index contributed by atoms with van der Waals surface area (Å²) >= 11 is 6.74. The van der Waals surface area contributed by atoms with Crippen molar-refractivity contribution in [2.45, 2.75) is 26.7 Å². The predicted octanol–water partition coefficient (Wildman–Crippen LogP) is 4.41. The number of carbonyl (C=O) groups is 1. The van der Waals surface area contributed by atoms with Gasteiger partial charge in [0.25, 0.3) is 5.95 Å². The maximum Gasteiger partial charge on any atom is 0.338 e. The Balaban J connectivity index is 1.57. The lowest BCUT2D eigenvalue weighted by molar-refractivity contribution is 0.0697. The number of rotatable bonds is 6. The van der Waals surface area contributed by atoms with Crippen molar-refractivity contribution in [3.05, 3.63) is 75.6 Å². The van der Waals surface area contributed by atoms with Gasteiger partial charge in [0.1, 0.15) is 5.82 Å². The molecule has 2 aromatic carbocycles. The van der Waals surface area contributed by atoms with Crippen LogP contribution in [0, 0.1) is 13.8 Å². The van der Waals surface area contributed by atoms with Crippen molar-refractivity contribution in [3.63, 3.8) is 0 Å². The van der Waals surface area contributed by atoms with E-state index in [2.05, 4.69) is 53.1 Å². The Morgan fingerprint density at radius 2 is 1.86 bits per heavy atom. The maximum absolute atomic E-state index is 11.3. The first-order valence-electron chi connectivity index (χ1n) is 11.6. The summed E-state index contributed by atoms with van der Waals surface area (Å²) < 4.78 is 6.93. The molecule has 4 aromatic rings. The largest absolute Gasteiger partial charge is 0.478 e. The molecule has 0 amide bonds. The molecule has 3 heterocycles. The monoisotopic (exact) mass is 491 g/mol. The molecule has 35 heavy (non-hydrogen) atoms. The van der Waals surface area contributed by atoms with Gasteiger partial charge in [0, 0.05) is 29.7 Å². The lowest BCUT2D eigenvalue weighted by Gasteiger charge is -2.29. The van der Waals surface area contributed by atoms with E-state index in [1.54, 1.807) is 0 Å². The highest BCUT2D eigenvalue weighted by atomic mass is 35.5. The Morgan fingerprint density at radius 3 is 2.54 bits per heavy atom. The van der Waals surface area contributed by atoms with Crippen molar-refractivity contribution >= 4 is 34.3 Å². The van der Waals surface area contributed by atoms with Gasteiger partial charge in [-0.25, -0.2) is 14.5 Å². The van der Waals surface area contributed by atoms with Gasteiger partial charge in [-0.15, -0.1) is 0 Å². The van der Waals surface area contributed by atoms with Gasteiger partial charge in [-0.05, 0) is 61.1 Å². The first-order chi connectivity index (χ1) is 16.9. The number of nitrogens with zero attached hydrogens (tertiary/aromatic N) is 5. The minimum Gasteiger partial charge on any atom is -0.478 e. The minimum absolute atomic E-state index is 0.0708. The number of ether oxygens (including phenoxy) is 1. The zero-order valence-corrected chi connectivity index (χ0v) is 20.4. The molecule has 1 aliphatic rings. The van der Waals surface area contributed by atoms with E-state index < -0.39 is 5.97 Å². The Morgan fingerprint density at radius 1 is 1.11 bits per heavy atom. The van der Waals surface area contributed by atoms with E-state index in [9.17, 15) is 9.90 Å². The van der Waals surface area contributed by atoms with Gasteiger partial charge in [0.2, 0.25) is 0 Å². The molecule has 5 rings (SSSR count). The molecule has 0 atom stereocenters. The van der Waals surface area contributed by atoms with Crippen LogP contribution in [0.3, 0.4) is 0 Å². The number of carboxylic acid groups (broad SMARTS) is 1. The number of morpholine rings is 1. The fourth-order valence-corrected chi connectivity index (χ4v) is 4.78. The summed E-state index contributed by atoms with van der Waals surface area (Å²) in [5.74, 6) is 0.0125. The van der Waals surface area contributed by atoms with E-state index in [4.69, 9.17) is 21.3 Å². The number of aryl methyl sites for hydroxylation is 3. The van der Waals surface area contributed by atoms with Gasteiger partial charge in [0.05, 0.1) is 30.5 Å². The van der Waals surface area contributed by atoms with E-state index in [0.717, 1.165) is 29.6 Å². The molecule has 0 saturated carbocycles. The third-order valence-electron chi connectivity index (χ3n) is 6.47. The van der Waals surface area contributed by atoms with Crippen LogP contribution in [-0.4, -0.2) is 57.1 Å². The molecule has 0 radical (unpaired) electrons. The molecule has 9 heteroatoms. The Hall–Kier alpha value is -3.49. The zero-order valence-electron chi connectivity index (χ0n) is 19.7. The molecule has 0 unspecified atom stereocenters. The number of anilines is 1. The quantitative estimate of drug-likeness (QED) is 0.427. The van der Waals surface area contributed by atoms with E-state index in [-0.39, 0.29) is 5.56 Å². The fourth-order valence-electron chi connectivity index (χ4n) is 4.52. The van der Waals surface area contributed by atoms with E-state index >= 15 is 0 Å². The highest BCUT2D eigenvalue weighted by molar-refractivity contribution is 6.32. The number of hydrogen-bond donors (Lipinski definition) is 1. The number of aromatic carboxylic acids is 1. The van der Waals surface area contributed by atoms with E-state index in [0.29, 0.717) is 42.8 Å². The van der Waals surface area contributed by atoms with Crippen LogP contribution in [0.25, 0.3) is 16.9 Å². The Bertz CT molecular complexity index is 1390. The van der Waals surface area contributed by atoms with Crippen molar-refractivity contribution in [1.29, 1.82) is 0 Å². The highest BCUT2D eigenvalue weighted by Gasteiger charge is 2.20. The third kappa shape index (κ3) is 4.72. The second-order valence-corrected chi connectivity index (χ2v) is 9.16. The number of aromatic nitrogens is 4. The molecule has 8 nitrogen and oxygen atoms in total. The van der Waals surface area contributed by atoms with Crippen LogP contribution in [0.15, 0.2) is 42.7 Å². The average molecular weight is 492 g/mol. The third-order valence-corrected chi connectivity index (χ3v) is 6.82. The number of halogens is 1. The molecular formula is C26H26ClN5O3. The SMILES string of the molecule is Cc1cccc(C)c1CCc1cc2c(N3CCOCC3)nc(-n3cc(C(=O)O)cn3)nc2cc1Cl. The number of hydrogen-bond acceptors (Lipinski definition) is 6. The molecule has 1 saturated heterocycles. The molecule has 1 N–H and O–H groups in total. The number of benzene rings is 2. The smallest absolute Gasteiger partial charge is 0.338 e. The molecule has 1 fully saturated rings. The summed E-state index contributed by atoms with van der Waals surface area (Å²) in [6.45, 7) is 6.90. The lowest BCUT2D eigenvalue weighted by atomic mass is 9.96. The Labute approximate surface area is 208 Å². The molecule has 1 aliphatic heterocycles. The lowest BCUT2D eigenvalue weighted by Crippen LogP contribution is -2.37. The second kappa shape index (κ2) is 9.64. The molecule has 0 spiro atoms. The fraction of sp³-hybridized carbons (Fsp3) is 0.308. The summed E-state index contributed by atoms with van der Waals surface area (Å²) in [6, 6.07) is 10.3. The maximum atomic E-state index is 11.3. The van der Waals surface area contributed by atoms with Crippen molar-refractivity contribution in [2.24, 2.45) is 0 Å². The topological polar surface area (TPSA) is 93.4 Å². The van der Waals surface area contributed by atoms with E-state index in [1.165, 1.54) is 33.8 Å². The van der Waals surface area contributed by atoms with Crippen molar-refractivity contribution in [1.82, 2.24) is 19.7 Å². The van der Waals surface area contributed by atoms with Crippen LogP contribution >= 0.6 is 11.6 Å². The van der Waals surface area contributed by atoms with Gasteiger partial charge in [-0.2, -0.15) is 10.1 Å². The highest BCUT2D eigenvalue weighted by Crippen LogP contribution is 2.31. The van der Waals surface area contributed by atoms with Crippen LogP contribution in [-0.2, 0) is 17.6 Å². The molecule has 0 bridgehead atoms. The average Bonchev–Trinajstić information content (AvgIpc) is 3.35. The summed E-state index contributed by atoms with van der Waals surface area (Å²) in [5, 5.41) is 15.0. The van der Waals surface area contributed by atoms with Gasteiger partial charge in [-0.1, -0.05) is 29.8 Å². The first kappa shape index (κ1) is 23.3. The molecule has 180 valence electrons. The normalized spacial score (nSPS) is 14.0. The van der Waals surface area contributed by atoms with Gasteiger partial charge >= 0.3 is 5.97 Å². The van der Waals surface area contributed by atoms with Gasteiger partial charge in [-0.3, -0.25) is 0 Å². The molecule has 2 aromatic heterocycles. The van der Waals surface area contributed by atoms with Crippen LogP contribution in [0.4, 0.5) is 5.82 Å². The van der Waals surface area contributed by atoms with Crippen molar-refractivity contribution in [2.75, 3.05) is 31.2 Å². The minimum atomic E-state index is -1.05. The van der Waals surface area contributed by atoms with Gasteiger partial charge in [0.15, 0.2) is 0 Å². The zero-order chi connectivity index (χ0) is 24.5. The van der Waals surface area contributed by atoms with Crippen LogP contribution in [0.5, 0.6) is 0 Å². The molecule has 0 aliphatic carbocycles. The number of fused-ring (bicyclic) bond motifs is 1. The van der Waals surface area contributed by atoms with Crippen LogP contribution < -0.4 is 4.90 Å². The first-order valence-corrected chi connectivity index (χ1v) is 11.9.